The lowest BCUT2D eigenvalue weighted by Crippen LogP contribution is -2.48. The van der Waals surface area contributed by atoms with Crippen molar-refractivity contribution in [1.29, 1.82) is 0 Å². The van der Waals surface area contributed by atoms with E-state index < -0.39 is 5.60 Å². The Morgan fingerprint density at radius 3 is 2.58 bits per heavy atom. The van der Waals surface area contributed by atoms with Crippen molar-refractivity contribution in [3.05, 3.63) is 29.3 Å². The second-order valence-electron chi connectivity index (χ2n) is 5.51. The van der Waals surface area contributed by atoms with Crippen LogP contribution in [0.1, 0.15) is 24.0 Å². The van der Waals surface area contributed by atoms with Crippen molar-refractivity contribution >= 4 is 0 Å². The van der Waals surface area contributed by atoms with Crippen molar-refractivity contribution in [1.82, 2.24) is 4.90 Å². The van der Waals surface area contributed by atoms with Crippen LogP contribution >= 0.6 is 0 Å². The first-order valence-corrected chi connectivity index (χ1v) is 6.85. The van der Waals surface area contributed by atoms with Gasteiger partial charge in [-0.3, -0.25) is 4.90 Å². The van der Waals surface area contributed by atoms with Gasteiger partial charge in [-0.25, -0.2) is 0 Å². The molecule has 4 nitrogen and oxygen atoms in total. The van der Waals surface area contributed by atoms with E-state index in [-0.39, 0.29) is 0 Å². The quantitative estimate of drug-likeness (QED) is 0.860. The van der Waals surface area contributed by atoms with Crippen LogP contribution in [0.15, 0.2) is 18.2 Å². The van der Waals surface area contributed by atoms with Gasteiger partial charge in [-0.05, 0) is 37.0 Å². The van der Waals surface area contributed by atoms with Crippen molar-refractivity contribution in [2.24, 2.45) is 5.73 Å². The number of nitrogens with two attached hydrogens (primary N) is 1. The summed E-state index contributed by atoms with van der Waals surface area (Å²) in [6.45, 7) is 5.15. The number of nitrogens with zero attached hydrogens (tertiary/aromatic N) is 1. The molecule has 0 radical (unpaired) electrons. The molecule has 1 heterocycles. The Morgan fingerprint density at radius 2 is 2.05 bits per heavy atom. The first-order valence-electron chi connectivity index (χ1n) is 6.85. The highest BCUT2D eigenvalue weighted by Gasteiger charge is 2.30. The van der Waals surface area contributed by atoms with E-state index in [0.29, 0.717) is 6.54 Å². The number of piperidine rings is 1. The normalized spacial score (nSPS) is 19.4. The van der Waals surface area contributed by atoms with Gasteiger partial charge in [0, 0.05) is 26.2 Å². The number of aryl methyl sites for hydroxylation is 1. The van der Waals surface area contributed by atoms with E-state index in [9.17, 15) is 5.11 Å². The zero-order valence-corrected chi connectivity index (χ0v) is 11.9. The Balaban J connectivity index is 1.94. The van der Waals surface area contributed by atoms with Crippen molar-refractivity contribution in [3.8, 4) is 5.75 Å². The Hall–Kier alpha value is -1.10. The molecule has 3 N–H and O–H groups in total. The summed E-state index contributed by atoms with van der Waals surface area (Å²) in [5.74, 6) is 0.930. The lowest BCUT2D eigenvalue weighted by atomic mass is 9.91. The molecule has 19 heavy (non-hydrogen) atoms. The maximum atomic E-state index is 10.1. The maximum Gasteiger partial charge on any atom is 0.121 e. The summed E-state index contributed by atoms with van der Waals surface area (Å²) < 4.78 is 5.27. The minimum atomic E-state index is -0.647. The van der Waals surface area contributed by atoms with Gasteiger partial charge >= 0.3 is 0 Å². The minimum absolute atomic E-state index is 0.364. The van der Waals surface area contributed by atoms with Crippen molar-refractivity contribution < 1.29 is 9.84 Å². The van der Waals surface area contributed by atoms with Crippen LogP contribution in [0.4, 0.5) is 0 Å². The number of methoxy groups -OCH3 is 1. The van der Waals surface area contributed by atoms with Crippen LogP contribution < -0.4 is 10.5 Å². The van der Waals surface area contributed by atoms with Gasteiger partial charge in [-0.15, -0.1) is 0 Å². The lowest BCUT2D eigenvalue weighted by Gasteiger charge is -2.37. The molecule has 1 fully saturated rings. The molecule has 0 spiro atoms. The zero-order valence-electron chi connectivity index (χ0n) is 11.9. The Labute approximate surface area is 115 Å². The van der Waals surface area contributed by atoms with Gasteiger partial charge in [-0.1, -0.05) is 12.1 Å². The molecule has 1 aliphatic heterocycles. The number of aliphatic hydroxyl groups is 1. The monoisotopic (exact) mass is 264 g/mol. The third-order valence-electron chi connectivity index (χ3n) is 4.03. The lowest BCUT2D eigenvalue weighted by molar-refractivity contribution is -0.0153. The predicted molar refractivity (Wildman–Crippen MR) is 76.2 cm³/mol. The third kappa shape index (κ3) is 3.47. The Morgan fingerprint density at radius 1 is 1.37 bits per heavy atom. The molecule has 1 saturated heterocycles. The third-order valence-corrected chi connectivity index (χ3v) is 4.03. The van der Waals surface area contributed by atoms with E-state index in [1.807, 2.05) is 6.07 Å². The fraction of sp³-hybridized carbons (Fsp3) is 0.600. The summed E-state index contributed by atoms with van der Waals surface area (Å²) >= 11 is 0. The molecular weight excluding hydrogens is 240 g/mol. The van der Waals surface area contributed by atoms with Crippen LogP contribution in [-0.4, -0.2) is 42.4 Å². The van der Waals surface area contributed by atoms with Gasteiger partial charge in [0.05, 0.1) is 12.7 Å². The van der Waals surface area contributed by atoms with Gasteiger partial charge in [-0.2, -0.15) is 0 Å². The van der Waals surface area contributed by atoms with E-state index in [2.05, 4.69) is 24.0 Å². The number of ether oxygens (including phenoxy) is 1. The summed E-state index contributed by atoms with van der Waals surface area (Å²) in [4.78, 5) is 2.37. The SMILES string of the molecule is COc1ccc(CN2CCC(O)(CN)CC2)cc1C. The number of hydrogen-bond donors (Lipinski definition) is 2. The van der Waals surface area contributed by atoms with Crippen LogP contribution in [-0.2, 0) is 6.54 Å². The minimum Gasteiger partial charge on any atom is -0.496 e. The molecule has 1 aromatic rings. The highest BCUT2D eigenvalue weighted by Crippen LogP contribution is 2.24. The molecule has 0 amide bonds. The van der Waals surface area contributed by atoms with E-state index in [0.717, 1.165) is 43.8 Å². The van der Waals surface area contributed by atoms with Crippen molar-refractivity contribution in [3.63, 3.8) is 0 Å². The summed E-state index contributed by atoms with van der Waals surface area (Å²) in [7, 11) is 1.69. The Kier molecular flexibility index (Phi) is 4.45. The molecule has 1 aliphatic rings. The second kappa shape index (κ2) is 5.90. The molecule has 4 heteroatoms. The van der Waals surface area contributed by atoms with E-state index in [1.54, 1.807) is 7.11 Å². The molecule has 1 aromatic carbocycles. The average Bonchev–Trinajstić information content (AvgIpc) is 2.42. The van der Waals surface area contributed by atoms with Gasteiger partial charge in [0.2, 0.25) is 0 Å². The van der Waals surface area contributed by atoms with Crippen molar-refractivity contribution in [2.75, 3.05) is 26.7 Å². The molecule has 2 rings (SSSR count). The van der Waals surface area contributed by atoms with Crippen LogP contribution in [0, 0.1) is 6.92 Å². The predicted octanol–water partition coefficient (Wildman–Crippen LogP) is 1.29. The second-order valence-corrected chi connectivity index (χ2v) is 5.51. The maximum absolute atomic E-state index is 10.1. The summed E-state index contributed by atoms with van der Waals surface area (Å²) in [6, 6.07) is 6.29. The standard InChI is InChI=1S/C15H24N2O2/c1-12-9-13(3-4-14(12)19-2)10-17-7-5-15(18,11-16)6-8-17/h3-4,9,18H,5-8,10-11,16H2,1-2H3. The van der Waals surface area contributed by atoms with Crippen LogP contribution in [0.3, 0.4) is 0 Å². The van der Waals surface area contributed by atoms with E-state index >= 15 is 0 Å². The summed E-state index contributed by atoms with van der Waals surface area (Å²) in [5.41, 5.74) is 7.41. The molecule has 106 valence electrons. The molecule has 0 unspecified atom stereocenters. The fourth-order valence-corrected chi connectivity index (χ4v) is 2.63. The fourth-order valence-electron chi connectivity index (χ4n) is 2.63. The van der Waals surface area contributed by atoms with Gasteiger partial charge in [0.15, 0.2) is 0 Å². The first kappa shape index (κ1) is 14.3. The molecular formula is C15H24N2O2. The van der Waals surface area contributed by atoms with Crippen LogP contribution in [0.2, 0.25) is 0 Å². The molecule has 0 saturated carbocycles. The number of hydrogen-bond acceptors (Lipinski definition) is 4. The van der Waals surface area contributed by atoms with Crippen molar-refractivity contribution in [2.45, 2.75) is 31.9 Å². The topological polar surface area (TPSA) is 58.7 Å². The number of benzene rings is 1. The first-order chi connectivity index (χ1) is 9.06. The van der Waals surface area contributed by atoms with Gasteiger partial charge < -0.3 is 15.6 Å². The summed E-state index contributed by atoms with van der Waals surface area (Å²) in [6.07, 6.45) is 1.53. The molecule has 0 bridgehead atoms. The van der Waals surface area contributed by atoms with Crippen LogP contribution in [0.5, 0.6) is 5.75 Å². The Bertz CT molecular complexity index is 426. The highest BCUT2D eigenvalue weighted by atomic mass is 16.5. The molecule has 0 aliphatic carbocycles. The zero-order chi connectivity index (χ0) is 13.9. The largest absolute Gasteiger partial charge is 0.496 e. The smallest absolute Gasteiger partial charge is 0.121 e. The molecule has 0 aromatic heterocycles. The van der Waals surface area contributed by atoms with E-state index in [1.165, 1.54) is 5.56 Å². The van der Waals surface area contributed by atoms with Gasteiger partial charge in [0.25, 0.3) is 0 Å². The van der Waals surface area contributed by atoms with E-state index in [4.69, 9.17) is 10.5 Å². The molecule has 0 atom stereocenters. The summed E-state index contributed by atoms with van der Waals surface area (Å²) in [5, 5.41) is 10.1. The highest BCUT2D eigenvalue weighted by molar-refractivity contribution is 5.36. The van der Waals surface area contributed by atoms with Gasteiger partial charge in [0.1, 0.15) is 5.75 Å². The average molecular weight is 264 g/mol. The van der Waals surface area contributed by atoms with Crippen LogP contribution in [0.25, 0.3) is 0 Å². The number of rotatable bonds is 4. The number of likely N-dealkylation sites (tertiary alicyclic amines) is 1.